The van der Waals surface area contributed by atoms with Gasteiger partial charge in [0, 0.05) is 37.1 Å². The molecule has 0 aliphatic carbocycles. The molecule has 0 N–H and O–H groups in total. The van der Waals surface area contributed by atoms with Crippen molar-refractivity contribution in [3.05, 3.63) is 36.2 Å². The number of rotatable bonds is 2. The molecule has 0 aromatic carbocycles. The van der Waals surface area contributed by atoms with Gasteiger partial charge in [0.25, 0.3) is 0 Å². The number of nitrogens with zero attached hydrogens (tertiary/aromatic N) is 8. The summed E-state index contributed by atoms with van der Waals surface area (Å²) in [6.45, 7) is 3.75. The smallest absolute Gasteiger partial charge is 0.221 e. The third-order valence-corrected chi connectivity index (χ3v) is 4.03. The Morgan fingerprint density at radius 3 is 3.09 bits per heavy atom. The Kier molecular flexibility index (Phi) is 3.14. The fraction of sp³-hybridized carbons (Fsp3) is 0.429. The second-order valence-corrected chi connectivity index (χ2v) is 5.51. The van der Waals surface area contributed by atoms with E-state index in [1.807, 2.05) is 19.2 Å². The van der Waals surface area contributed by atoms with Gasteiger partial charge in [-0.25, -0.2) is 15.0 Å². The summed E-state index contributed by atoms with van der Waals surface area (Å²) in [6.07, 6.45) is 7.54. The lowest BCUT2D eigenvalue weighted by Gasteiger charge is -2.33. The number of hydrogen-bond acceptors (Lipinski definition) is 7. The van der Waals surface area contributed by atoms with Crippen LogP contribution in [-0.4, -0.2) is 48.1 Å². The molecule has 0 bridgehead atoms. The first-order valence-corrected chi connectivity index (χ1v) is 7.38. The number of piperidine rings is 1. The van der Waals surface area contributed by atoms with E-state index in [0.717, 1.165) is 43.3 Å². The summed E-state index contributed by atoms with van der Waals surface area (Å²) in [7, 11) is 0. The van der Waals surface area contributed by atoms with Gasteiger partial charge in [0.15, 0.2) is 5.82 Å². The molecule has 1 fully saturated rings. The maximum atomic E-state index is 4.57. The minimum atomic E-state index is 0.383. The maximum absolute atomic E-state index is 4.57. The van der Waals surface area contributed by atoms with Crippen LogP contribution in [0.4, 0.5) is 5.82 Å². The second-order valence-electron chi connectivity index (χ2n) is 5.51. The van der Waals surface area contributed by atoms with Crippen LogP contribution in [0, 0.1) is 6.92 Å². The van der Waals surface area contributed by atoms with Crippen molar-refractivity contribution in [1.29, 1.82) is 0 Å². The molecule has 0 amide bonds. The molecule has 8 nitrogen and oxygen atoms in total. The van der Waals surface area contributed by atoms with Crippen molar-refractivity contribution in [2.45, 2.75) is 25.7 Å². The van der Waals surface area contributed by atoms with Crippen LogP contribution >= 0.6 is 0 Å². The van der Waals surface area contributed by atoms with Crippen LogP contribution in [0.5, 0.6) is 0 Å². The summed E-state index contributed by atoms with van der Waals surface area (Å²) in [4.78, 5) is 15.5. The minimum absolute atomic E-state index is 0.383. The first kappa shape index (κ1) is 13.1. The first-order chi connectivity index (χ1) is 10.8. The summed E-state index contributed by atoms with van der Waals surface area (Å²) in [6, 6.07) is 2.01. The molecule has 1 atom stereocenters. The standard InChI is InChI=1S/C14H16N8/c1-10-15-5-4-12(17-10)11-3-2-7-21(9-11)13-14-18-19-20-22(14)8-6-16-13/h4-6,8,11H,2-3,7,9H2,1H3. The zero-order valence-electron chi connectivity index (χ0n) is 12.3. The molecule has 8 heteroatoms. The molecule has 1 saturated heterocycles. The molecule has 4 heterocycles. The van der Waals surface area contributed by atoms with Crippen LogP contribution in [0.15, 0.2) is 24.7 Å². The van der Waals surface area contributed by atoms with Crippen molar-refractivity contribution in [3.63, 3.8) is 0 Å². The highest BCUT2D eigenvalue weighted by atomic mass is 15.5. The van der Waals surface area contributed by atoms with Gasteiger partial charge in [0.05, 0.1) is 6.20 Å². The second kappa shape index (κ2) is 5.28. The van der Waals surface area contributed by atoms with Crippen molar-refractivity contribution in [2.24, 2.45) is 0 Å². The predicted octanol–water partition coefficient (Wildman–Crippen LogP) is 1.00. The van der Waals surface area contributed by atoms with Gasteiger partial charge in [0.1, 0.15) is 5.82 Å². The Hall–Kier alpha value is -2.64. The highest BCUT2D eigenvalue weighted by molar-refractivity contribution is 5.62. The molecule has 3 aromatic heterocycles. The zero-order chi connectivity index (χ0) is 14.9. The third kappa shape index (κ3) is 2.26. The molecule has 4 rings (SSSR count). The average Bonchev–Trinajstić information content (AvgIpc) is 3.03. The molecule has 0 spiro atoms. The Labute approximate surface area is 127 Å². The molecule has 112 valence electrons. The number of aromatic nitrogens is 7. The summed E-state index contributed by atoms with van der Waals surface area (Å²) >= 11 is 0. The first-order valence-electron chi connectivity index (χ1n) is 7.38. The minimum Gasteiger partial charge on any atom is -0.353 e. The average molecular weight is 296 g/mol. The van der Waals surface area contributed by atoms with Crippen LogP contribution in [-0.2, 0) is 0 Å². The van der Waals surface area contributed by atoms with Crippen LogP contribution in [0.1, 0.15) is 30.3 Å². The lowest BCUT2D eigenvalue weighted by Crippen LogP contribution is -2.35. The molecule has 3 aromatic rings. The summed E-state index contributed by atoms with van der Waals surface area (Å²) in [5.74, 6) is 2.04. The van der Waals surface area contributed by atoms with E-state index in [2.05, 4.69) is 35.4 Å². The van der Waals surface area contributed by atoms with E-state index in [0.29, 0.717) is 11.6 Å². The highest BCUT2D eigenvalue weighted by Crippen LogP contribution is 2.29. The molecule has 22 heavy (non-hydrogen) atoms. The van der Waals surface area contributed by atoms with Crippen molar-refractivity contribution in [3.8, 4) is 0 Å². The number of aryl methyl sites for hydroxylation is 1. The molecular weight excluding hydrogens is 280 g/mol. The predicted molar refractivity (Wildman–Crippen MR) is 79.5 cm³/mol. The maximum Gasteiger partial charge on any atom is 0.221 e. The summed E-state index contributed by atoms with van der Waals surface area (Å²) in [5.41, 5.74) is 1.80. The number of tetrazole rings is 1. The van der Waals surface area contributed by atoms with Gasteiger partial charge in [-0.15, -0.1) is 5.10 Å². The van der Waals surface area contributed by atoms with E-state index in [1.165, 1.54) is 0 Å². The molecule has 1 unspecified atom stereocenters. The van der Waals surface area contributed by atoms with E-state index < -0.39 is 0 Å². The van der Waals surface area contributed by atoms with E-state index in [1.54, 1.807) is 16.9 Å². The van der Waals surface area contributed by atoms with Crippen molar-refractivity contribution < 1.29 is 0 Å². The Balaban J connectivity index is 1.65. The summed E-state index contributed by atoms with van der Waals surface area (Å²) in [5, 5.41) is 11.7. The van der Waals surface area contributed by atoms with Gasteiger partial charge < -0.3 is 4.90 Å². The van der Waals surface area contributed by atoms with Crippen LogP contribution in [0.25, 0.3) is 5.65 Å². The van der Waals surface area contributed by atoms with Gasteiger partial charge >= 0.3 is 0 Å². The Morgan fingerprint density at radius 1 is 1.23 bits per heavy atom. The third-order valence-electron chi connectivity index (χ3n) is 4.03. The number of fused-ring (bicyclic) bond motifs is 1. The van der Waals surface area contributed by atoms with Gasteiger partial charge in [-0.3, -0.25) is 0 Å². The largest absolute Gasteiger partial charge is 0.353 e. The Morgan fingerprint density at radius 2 is 2.18 bits per heavy atom. The quantitative estimate of drug-likeness (QED) is 0.697. The fourth-order valence-electron chi connectivity index (χ4n) is 3.00. The van der Waals surface area contributed by atoms with Gasteiger partial charge in [-0.05, 0) is 36.3 Å². The van der Waals surface area contributed by atoms with Crippen LogP contribution in [0.3, 0.4) is 0 Å². The van der Waals surface area contributed by atoms with Crippen molar-refractivity contribution in [2.75, 3.05) is 18.0 Å². The van der Waals surface area contributed by atoms with E-state index in [9.17, 15) is 0 Å². The zero-order valence-corrected chi connectivity index (χ0v) is 12.3. The monoisotopic (exact) mass is 296 g/mol. The lowest BCUT2D eigenvalue weighted by atomic mass is 9.94. The molecule has 0 saturated carbocycles. The number of hydrogen-bond donors (Lipinski definition) is 0. The van der Waals surface area contributed by atoms with Crippen LogP contribution < -0.4 is 4.90 Å². The van der Waals surface area contributed by atoms with Gasteiger partial charge in [0.2, 0.25) is 5.65 Å². The van der Waals surface area contributed by atoms with Gasteiger partial charge in [-0.1, -0.05) is 0 Å². The van der Waals surface area contributed by atoms with Gasteiger partial charge in [-0.2, -0.15) is 4.52 Å². The fourth-order valence-corrected chi connectivity index (χ4v) is 3.00. The summed E-state index contributed by atoms with van der Waals surface area (Å²) < 4.78 is 1.65. The number of anilines is 1. The molecule has 1 aliphatic heterocycles. The Bertz CT molecular complexity index is 798. The highest BCUT2D eigenvalue weighted by Gasteiger charge is 2.25. The molecule has 1 aliphatic rings. The van der Waals surface area contributed by atoms with Crippen molar-refractivity contribution in [1.82, 2.24) is 35.0 Å². The topological polar surface area (TPSA) is 85.0 Å². The molecular formula is C14H16N8. The van der Waals surface area contributed by atoms with E-state index in [4.69, 9.17) is 0 Å². The van der Waals surface area contributed by atoms with E-state index >= 15 is 0 Å². The van der Waals surface area contributed by atoms with Crippen molar-refractivity contribution >= 4 is 11.5 Å². The van der Waals surface area contributed by atoms with E-state index in [-0.39, 0.29) is 0 Å². The molecule has 0 radical (unpaired) electrons. The lowest BCUT2D eigenvalue weighted by molar-refractivity contribution is 0.497. The van der Waals surface area contributed by atoms with Crippen LogP contribution in [0.2, 0.25) is 0 Å². The normalized spacial score (nSPS) is 18.8. The SMILES string of the molecule is Cc1nccc(C2CCCN(c3nccn4nnnc34)C2)n1.